The Hall–Kier alpha value is -1.42. The van der Waals surface area contributed by atoms with Crippen molar-refractivity contribution in [1.82, 2.24) is 0 Å². The van der Waals surface area contributed by atoms with Crippen molar-refractivity contribution in [3.8, 4) is 11.5 Å². The van der Waals surface area contributed by atoms with Crippen LogP contribution in [0.3, 0.4) is 0 Å². The Kier molecular flexibility index (Phi) is 4.76. The molecule has 0 heterocycles. The van der Waals surface area contributed by atoms with Crippen LogP contribution in [0, 0.1) is 0 Å². The lowest BCUT2D eigenvalue weighted by atomic mass is 9.99. The fraction of sp³-hybridized carbons (Fsp3) is 0.200. The molecule has 0 fully saturated rings. The van der Waals surface area contributed by atoms with Crippen molar-refractivity contribution < 1.29 is 9.47 Å². The number of hydrogen-bond acceptors (Lipinski definition) is 3. The van der Waals surface area contributed by atoms with Crippen LogP contribution < -0.4 is 15.2 Å². The third kappa shape index (κ3) is 2.85. The Balaban J connectivity index is 2.46. The number of ether oxygens (including phenoxy) is 2. The normalized spacial score (nSPS) is 12.1. The summed E-state index contributed by atoms with van der Waals surface area (Å²) < 4.78 is 10.5. The van der Waals surface area contributed by atoms with E-state index in [0.717, 1.165) is 5.56 Å². The molecule has 1 unspecified atom stereocenters. The van der Waals surface area contributed by atoms with Crippen LogP contribution in [0.2, 0.25) is 10.0 Å². The predicted molar refractivity (Wildman–Crippen MR) is 82.0 cm³/mol. The molecule has 106 valence electrons. The predicted octanol–water partition coefficient (Wildman–Crippen LogP) is 4.06. The number of hydrogen-bond donors (Lipinski definition) is 1. The summed E-state index contributed by atoms with van der Waals surface area (Å²) in [6.45, 7) is 0. The van der Waals surface area contributed by atoms with E-state index >= 15 is 0 Å². The first-order valence-electron chi connectivity index (χ1n) is 6.00. The van der Waals surface area contributed by atoms with E-state index in [1.165, 1.54) is 0 Å². The van der Waals surface area contributed by atoms with Crippen LogP contribution in [-0.2, 0) is 0 Å². The molecule has 2 N–H and O–H groups in total. The molecular formula is C15H15Cl2NO2. The highest BCUT2D eigenvalue weighted by molar-refractivity contribution is 6.36. The van der Waals surface area contributed by atoms with Gasteiger partial charge in [0.15, 0.2) is 11.5 Å². The molecule has 0 aliphatic rings. The first-order chi connectivity index (χ1) is 9.58. The summed E-state index contributed by atoms with van der Waals surface area (Å²) >= 11 is 12.4. The Bertz CT molecular complexity index is 597. The summed E-state index contributed by atoms with van der Waals surface area (Å²) in [6, 6.07) is 10.4. The summed E-state index contributed by atoms with van der Waals surface area (Å²) in [5.41, 5.74) is 7.81. The van der Waals surface area contributed by atoms with Gasteiger partial charge in [-0.05, 0) is 29.8 Å². The highest BCUT2D eigenvalue weighted by Gasteiger charge is 2.17. The van der Waals surface area contributed by atoms with Crippen molar-refractivity contribution in [2.24, 2.45) is 5.73 Å². The molecule has 5 heteroatoms. The topological polar surface area (TPSA) is 44.5 Å². The van der Waals surface area contributed by atoms with Gasteiger partial charge in [-0.3, -0.25) is 0 Å². The van der Waals surface area contributed by atoms with Crippen LogP contribution in [-0.4, -0.2) is 14.2 Å². The zero-order valence-corrected chi connectivity index (χ0v) is 12.7. The maximum Gasteiger partial charge on any atom is 0.161 e. The quantitative estimate of drug-likeness (QED) is 0.926. The van der Waals surface area contributed by atoms with E-state index in [9.17, 15) is 0 Å². The van der Waals surface area contributed by atoms with Gasteiger partial charge in [0, 0.05) is 15.6 Å². The second-order valence-electron chi connectivity index (χ2n) is 4.23. The lowest BCUT2D eigenvalue weighted by Crippen LogP contribution is -2.13. The summed E-state index contributed by atoms with van der Waals surface area (Å²) in [5.74, 6) is 1.26. The second kappa shape index (κ2) is 6.35. The average molecular weight is 312 g/mol. The summed E-state index contributed by atoms with van der Waals surface area (Å²) in [4.78, 5) is 0. The van der Waals surface area contributed by atoms with E-state index in [0.29, 0.717) is 27.1 Å². The van der Waals surface area contributed by atoms with E-state index < -0.39 is 6.04 Å². The molecule has 3 nitrogen and oxygen atoms in total. The van der Waals surface area contributed by atoms with Crippen LogP contribution in [0.5, 0.6) is 11.5 Å². The molecule has 0 saturated heterocycles. The van der Waals surface area contributed by atoms with Crippen molar-refractivity contribution in [3.05, 3.63) is 57.6 Å². The molecule has 2 aromatic carbocycles. The Morgan fingerprint density at radius 2 is 1.55 bits per heavy atom. The maximum atomic E-state index is 6.27. The van der Waals surface area contributed by atoms with E-state index in [1.54, 1.807) is 38.5 Å². The van der Waals surface area contributed by atoms with E-state index in [4.69, 9.17) is 38.4 Å². The van der Waals surface area contributed by atoms with Gasteiger partial charge in [0.2, 0.25) is 0 Å². The fourth-order valence-corrected chi connectivity index (χ4v) is 2.65. The lowest BCUT2D eigenvalue weighted by molar-refractivity contribution is 0.354. The number of nitrogens with two attached hydrogens (primary N) is 1. The largest absolute Gasteiger partial charge is 0.493 e. The minimum absolute atomic E-state index is 0.434. The number of methoxy groups -OCH3 is 2. The van der Waals surface area contributed by atoms with Gasteiger partial charge < -0.3 is 15.2 Å². The minimum Gasteiger partial charge on any atom is -0.493 e. The zero-order valence-electron chi connectivity index (χ0n) is 11.2. The highest BCUT2D eigenvalue weighted by Crippen LogP contribution is 2.36. The highest BCUT2D eigenvalue weighted by atomic mass is 35.5. The van der Waals surface area contributed by atoms with Gasteiger partial charge in [0.25, 0.3) is 0 Å². The molecule has 0 amide bonds. The van der Waals surface area contributed by atoms with E-state index in [-0.39, 0.29) is 0 Å². The molecule has 0 saturated carbocycles. The van der Waals surface area contributed by atoms with Gasteiger partial charge in [-0.2, -0.15) is 0 Å². The Morgan fingerprint density at radius 1 is 0.950 bits per heavy atom. The fourth-order valence-electron chi connectivity index (χ4n) is 2.02. The maximum absolute atomic E-state index is 6.27. The third-order valence-electron chi connectivity index (χ3n) is 3.08. The van der Waals surface area contributed by atoms with Crippen LogP contribution in [0.15, 0.2) is 36.4 Å². The van der Waals surface area contributed by atoms with Gasteiger partial charge in [-0.1, -0.05) is 35.3 Å². The molecule has 0 aliphatic carbocycles. The Morgan fingerprint density at radius 3 is 2.10 bits per heavy atom. The molecule has 2 aromatic rings. The molecule has 0 spiro atoms. The van der Waals surface area contributed by atoms with E-state index in [1.807, 2.05) is 12.1 Å². The van der Waals surface area contributed by atoms with Crippen LogP contribution in [0.25, 0.3) is 0 Å². The van der Waals surface area contributed by atoms with Crippen molar-refractivity contribution in [2.75, 3.05) is 14.2 Å². The average Bonchev–Trinajstić information content (AvgIpc) is 2.46. The molecule has 20 heavy (non-hydrogen) atoms. The van der Waals surface area contributed by atoms with Crippen LogP contribution >= 0.6 is 23.2 Å². The smallest absolute Gasteiger partial charge is 0.161 e. The molecular weight excluding hydrogens is 297 g/mol. The lowest BCUT2D eigenvalue weighted by Gasteiger charge is -2.17. The van der Waals surface area contributed by atoms with Crippen LogP contribution in [0.4, 0.5) is 0 Å². The van der Waals surface area contributed by atoms with Crippen molar-refractivity contribution >= 4 is 23.2 Å². The first kappa shape index (κ1) is 15.0. The summed E-state index contributed by atoms with van der Waals surface area (Å²) in [7, 11) is 3.16. The first-order valence-corrected chi connectivity index (χ1v) is 6.75. The number of halogens is 2. The molecule has 2 rings (SSSR count). The van der Waals surface area contributed by atoms with Crippen molar-refractivity contribution in [2.45, 2.75) is 6.04 Å². The van der Waals surface area contributed by atoms with Crippen molar-refractivity contribution in [3.63, 3.8) is 0 Å². The number of benzene rings is 2. The van der Waals surface area contributed by atoms with Gasteiger partial charge in [-0.25, -0.2) is 0 Å². The third-order valence-corrected chi connectivity index (χ3v) is 3.74. The molecule has 0 bridgehead atoms. The zero-order chi connectivity index (χ0) is 14.7. The molecule has 0 aromatic heterocycles. The standard InChI is InChI=1S/C15H15Cl2NO2/c1-19-12-7-6-9(8-13(12)20-2)15(18)14-10(16)4-3-5-11(14)17/h3-8,15H,18H2,1-2H3. The summed E-state index contributed by atoms with van der Waals surface area (Å²) in [6.07, 6.45) is 0. The second-order valence-corrected chi connectivity index (χ2v) is 5.04. The molecule has 0 radical (unpaired) electrons. The summed E-state index contributed by atoms with van der Waals surface area (Å²) in [5, 5.41) is 1.08. The van der Waals surface area contributed by atoms with Crippen LogP contribution in [0.1, 0.15) is 17.2 Å². The minimum atomic E-state index is -0.434. The Labute approximate surface area is 128 Å². The van der Waals surface area contributed by atoms with Gasteiger partial charge in [0.05, 0.1) is 20.3 Å². The van der Waals surface area contributed by atoms with Gasteiger partial charge >= 0.3 is 0 Å². The molecule has 0 aliphatic heterocycles. The SMILES string of the molecule is COc1ccc(C(N)c2c(Cl)cccc2Cl)cc1OC. The number of rotatable bonds is 4. The van der Waals surface area contributed by atoms with E-state index in [2.05, 4.69) is 0 Å². The molecule has 1 atom stereocenters. The van der Waals surface area contributed by atoms with Gasteiger partial charge in [-0.15, -0.1) is 0 Å². The van der Waals surface area contributed by atoms with Gasteiger partial charge in [0.1, 0.15) is 0 Å². The van der Waals surface area contributed by atoms with Crippen molar-refractivity contribution in [1.29, 1.82) is 0 Å². The monoisotopic (exact) mass is 311 g/mol.